The number of hydrazone groups is 1. The quantitative estimate of drug-likeness (QED) is 0.469. The summed E-state index contributed by atoms with van der Waals surface area (Å²) in [6.07, 6.45) is 3.76. The van der Waals surface area contributed by atoms with Gasteiger partial charge in [0.25, 0.3) is 0 Å². The molecule has 0 atom stereocenters. The molecule has 3 aromatic rings. The molecular weight excluding hydrogens is 346 g/mol. The highest BCUT2D eigenvalue weighted by Gasteiger charge is 2.05. The number of nitrogens with one attached hydrogen (secondary N) is 2. The molecule has 2 aromatic carbocycles. The number of ether oxygens (including phenoxy) is 2. The minimum Gasteiger partial charge on any atom is -0.493 e. The zero-order chi connectivity index (χ0) is 18.9. The predicted octanol–water partition coefficient (Wildman–Crippen LogP) is 2.24. The fraction of sp³-hybridized carbons (Fsp3) is 0.158. The van der Waals surface area contributed by atoms with Crippen molar-refractivity contribution in [3.63, 3.8) is 0 Å². The highest BCUT2D eigenvalue weighted by Crippen LogP contribution is 2.27. The van der Waals surface area contributed by atoms with E-state index in [-0.39, 0.29) is 5.82 Å². The predicted molar refractivity (Wildman–Crippen MR) is 103 cm³/mol. The van der Waals surface area contributed by atoms with E-state index in [0.717, 1.165) is 12.0 Å². The lowest BCUT2D eigenvalue weighted by molar-refractivity contribution is 0.297. The molecule has 0 radical (unpaired) electrons. The molecule has 0 aliphatic carbocycles. The second-order valence-electron chi connectivity index (χ2n) is 5.54. The molecule has 0 spiro atoms. The van der Waals surface area contributed by atoms with Gasteiger partial charge in [0.05, 0.1) is 26.1 Å². The van der Waals surface area contributed by atoms with Crippen molar-refractivity contribution in [3.8, 4) is 11.5 Å². The maximum atomic E-state index is 11.1. The monoisotopic (exact) mass is 365 g/mol. The van der Waals surface area contributed by atoms with E-state index in [1.807, 2.05) is 36.4 Å². The maximum absolute atomic E-state index is 11.1. The Morgan fingerprint density at radius 2 is 2.04 bits per heavy atom. The summed E-state index contributed by atoms with van der Waals surface area (Å²) in [5, 5.41) is 9.85. The Morgan fingerprint density at radius 1 is 1.19 bits per heavy atom. The lowest BCUT2D eigenvalue weighted by Crippen LogP contribution is -2.13. The summed E-state index contributed by atoms with van der Waals surface area (Å²) in [4.78, 5) is 14.7. The van der Waals surface area contributed by atoms with Gasteiger partial charge in [-0.25, -0.2) is 9.89 Å². The molecule has 138 valence electrons. The van der Waals surface area contributed by atoms with E-state index < -0.39 is 5.69 Å². The minimum atomic E-state index is -0.547. The molecule has 0 aliphatic rings. The van der Waals surface area contributed by atoms with Crippen LogP contribution < -0.4 is 20.6 Å². The largest absolute Gasteiger partial charge is 0.493 e. The second kappa shape index (κ2) is 9.14. The van der Waals surface area contributed by atoms with E-state index >= 15 is 0 Å². The van der Waals surface area contributed by atoms with E-state index in [9.17, 15) is 4.79 Å². The number of rotatable bonds is 8. The summed E-state index contributed by atoms with van der Waals surface area (Å²) in [5.41, 5.74) is 4.11. The molecule has 1 heterocycles. The number of aromatic amines is 1. The topological polar surface area (TPSA) is 101 Å². The van der Waals surface area contributed by atoms with Crippen LogP contribution in [0.2, 0.25) is 0 Å². The first kappa shape index (κ1) is 18.1. The Bertz CT molecular complexity index is 957. The Hall–Kier alpha value is -3.68. The average Bonchev–Trinajstić information content (AvgIpc) is 2.70. The van der Waals surface area contributed by atoms with Gasteiger partial charge in [0.15, 0.2) is 17.3 Å². The maximum Gasteiger partial charge on any atom is 0.363 e. The highest BCUT2D eigenvalue weighted by molar-refractivity contribution is 5.81. The first-order chi connectivity index (χ1) is 13.2. The molecule has 27 heavy (non-hydrogen) atoms. The van der Waals surface area contributed by atoms with Crippen molar-refractivity contribution in [1.29, 1.82) is 0 Å². The number of hydrogen-bond donors (Lipinski definition) is 2. The Morgan fingerprint density at radius 3 is 2.81 bits per heavy atom. The fourth-order valence-electron chi connectivity index (χ4n) is 2.35. The van der Waals surface area contributed by atoms with Crippen LogP contribution in [0.15, 0.2) is 64.6 Å². The van der Waals surface area contributed by atoms with Gasteiger partial charge in [-0.15, -0.1) is 0 Å². The van der Waals surface area contributed by atoms with Crippen molar-refractivity contribution in [2.75, 3.05) is 19.1 Å². The standard InChI is InChI=1S/C19H19N5O3/c1-26-17-11-15(12-20-23-18-13-21-24-19(25)22-18)7-8-16(17)27-10-9-14-5-3-2-4-6-14/h2-8,11-13H,9-10H2,1H3,(H2,22,23,24,25)/b20-12+. The van der Waals surface area contributed by atoms with Gasteiger partial charge in [0, 0.05) is 6.42 Å². The van der Waals surface area contributed by atoms with Crippen LogP contribution in [0.4, 0.5) is 5.82 Å². The van der Waals surface area contributed by atoms with Crippen LogP contribution in [0.1, 0.15) is 11.1 Å². The SMILES string of the molecule is COc1cc(/C=N/Nc2cn[nH]c(=O)n2)ccc1OCCc1ccccc1. The smallest absolute Gasteiger partial charge is 0.363 e. The molecule has 0 aliphatic heterocycles. The number of methoxy groups -OCH3 is 1. The summed E-state index contributed by atoms with van der Waals surface area (Å²) < 4.78 is 11.2. The normalized spacial score (nSPS) is 10.7. The fourth-order valence-corrected chi connectivity index (χ4v) is 2.35. The summed E-state index contributed by atoms with van der Waals surface area (Å²) in [6, 6.07) is 15.6. The molecule has 0 fully saturated rings. The lowest BCUT2D eigenvalue weighted by atomic mass is 10.2. The zero-order valence-electron chi connectivity index (χ0n) is 14.8. The third kappa shape index (κ3) is 5.40. The Balaban J connectivity index is 1.59. The van der Waals surface area contributed by atoms with Gasteiger partial charge in [-0.2, -0.15) is 15.2 Å². The van der Waals surface area contributed by atoms with Gasteiger partial charge in [-0.05, 0) is 29.3 Å². The molecular formula is C19H19N5O3. The van der Waals surface area contributed by atoms with Crippen LogP contribution in [0, 0.1) is 0 Å². The van der Waals surface area contributed by atoms with Crippen LogP contribution in [0.25, 0.3) is 0 Å². The average molecular weight is 365 g/mol. The number of anilines is 1. The highest BCUT2D eigenvalue weighted by atomic mass is 16.5. The van der Waals surface area contributed by atoms with Gasteiger partial charge in [-0.1, -0.05) is 30.3 Å². The Kier molecular flexibility index (Phi) is 6.13. The molecule has 2 N–H and O–H groups in total. The second-order valence-corrected chi connectivity index (χ2v) is 5.54. The van der Waals surface area contributed by atoms with Crippen molar-refractivity contribution >= 4 is 12.0 Å². The van der Waals surface area contributed by atoms with Gasteiger partial charge < -0.3 is 9.47 Å². The molecule has 0 saturated carbocycles. The van der Waals surface area contributed by atoms with Gasteiger partial charge >= 0.3 is 5.69 Å². The number of aromatic nitrogens is 3. The van der Waals surface area contributed by atoms with E-state index in [4.69, 9.17) is 9.47 Å². The van der Waals surface area contributed by atoms with Crippen LogP contribution >= 0.6 is 0 Å². The summed E-state index contributed by atoms with van der Waals surface area (Å²) >= 11 is 0. The first-order valence-corrected chi connectivity index (χ1v) is 8.30. The van der Waals surface area contributed by atoms with Crippen molar-refractivity contribution in [1.82, 2.24) is 15.2 Å². The van der Waals surface area contributed by atoms with Gasteiger partial charge in [-0.3, -0.25) is 5.43 Å². The molecule has 0 saturated heterocycles. The van der Waals surface area contributed by atoms with Crippen molar-refractivity contribution in [2.45, 2.75) is 6.42 Å². The number of hydrogen-bond acceptors (Lipinski definition) is 7. The van der Waals surface area contributed by atoms with Crippen LogP contribution in [0.3, 0.4) is 0 Å². The Labute approximate surface area is 155 Å². The van der Waals surface area contributed by atoms with Crippen molar-refractivity contribution in [2.24, 2.45) is 5.10 Å². The van der Waals surface area contributed by atoms with Gasteiger partial charge in [0.1, 0.15) is 0 Å². The number of benzene rings is 2. The summed E-state index contributed by atoms with van der Waals surface area (Å²) in [6.45, 7) is 0.552. The third-order valence-corrected chi connectivity index (χ3v) is 3.64. The molecule has 8 heteroatoms. The van der Waals surface area contributed by atoms with Crippen molar-refractivity contribution in [3.05, 3.63) is 76.3 Å². The zero-order valence-corrected chi connectivity index (χ0v) is 14.8. The molecule has 3 rings (SSSR count). The molecule has 0 unspecified atom stereocenters. The van der Waals surface area contributed by atoms with E-state index in [1.54, 1.807) is 13.3 Å². The first-order valence-electron chi connectivity index (χ1n) is 8.30. The molecule has 8 nitrogen and oxygen atoms in total. The van der Waals surface area contributed by atoms with Crippen LogP contribution in [-0.4, -0.2) is 35.1 Å². The van der Waals surface area contributed by atoms with E-state index in [0.29, 0.717) is 18.1 Å². The number of nitrogens with zero attached hydrogens (tertiary/aromatic N) is 3. The van der Waals surface area contributed by atoms with E-state index in [1.165, 1.54) is 11.8 Å². The number of H-pyrrole nitrogens is 1. The molecule has 1 aromatic heterocycles. The summed E-state index contributed by atoms with van der Waals surface area (Å²) in [5.74, 6) is 1.53. The summed E-state index contributed by atoms with van der Waals surface area (Å²) in [7, 11) is 1.59. The molecule has 0 bridgehead atoms. The third-order valence-electron chi connectivity index (χ3n) is 3.64. The lowest BCUT2D eigenvalue weighted by Gasteiger charge is -2.11. The van der Waals surface area contributed by atoms with Crippen LogP contribution in [0.5, 0.6) is 11.5 Å². The molecule has 0 amide bonds. The van der Waals surface area contributed by atoms with E-state index in [2.05, 4.69) is 37.8 Å². The van der Waals surface area contributed by atoms with Crippen molar-refractivity contribution < 1.29 is 9.47 Å². The van der Waals surface area contributed by atoms with Crippen LogP contribution in [-0.2, 0) is 6.42 Å². The minimum absolute atomic E-state index is 0.253. The van der Waals surface area contributed by atoms with Gasteiger partial charge in [0.2, 0.25) is 0 Å².